The van der Waals surface area contributed by atoms with Crippen LogP contribution in [-0.4, -0.2) is 33.1 Å². The minimum absolute atomic E-state index is 0.697. The molecule has 0 amide bonds. The van der Waals surface area contributed by atoms with Gasteiger partial charge in [0.15, 0.2) is 0 Å². The minimum Gasteiger partial charge on any atom is -0.481 e. The molecule has 252 valence electrons. The molecule has 6 aromatic carbocycles. The normalized spacial score (nSPS) is 9.84. The molecule has 0 fully saturated rings. The van der Waals surface area contributed by atoms with Gasteiger partial charge < -0.3 is 10.2 Å². The molecule has 6 nitrogen and oxygen atoms in total. The highest BCUT2D eigenvalue weighted by molar-refractivity contribution is 7.89. The molecule has 50 heavy (non-hydrogen) atoms. The van der Waals surface area contributed by atoms with Crippen LogP contribution >= 0.6 is 15.8 Å². The molecular weight excluding hydrogens is 658 g/mol. The van der Waals surface area contributed by atoms with E-state index in [1.807, 2.05) is 133 Å². The Bertz CT molecular complexity index is 1670. The molecule has 4 N–H and O–H groups in total. The van der Waals surface area contributed by atoms with Gasteiger partial charge in [-0.05, 0) is 21.2 Å². The maximum Gasteiger partial charge on any atom is 0.300 e. The first kappa shape index (κ1) is 38.9. The van der Waals surface area contributed by atoms with E-state index in [0.29, 0.717) is 10.9 Å². The van der Waals surface area contributed by atoms with Gasteiger partial charge in [-0.2, -0.15) is 0 Å². The van der Waals surface area contributed by atoms with Gasteiger partial charge in [0.2, 0.25) is 0 Å². The Morgan fingerprint density at radius 2 is 0.540 bits per heavy atom. The van der Waals surface area contributed by atoms with Crippen molar-refractivity contribution in [2.45, 2.75) is 13.8 Å². The zero-order valence-electron chi connectivity index (χ0n) is 27.9. The number of nitrogens with one attached hydrogen (secondary N) is 2. The van der Waals surface area contributed by atoms with E-state index in [2.05, 4.69) is 48.5 Å². The summed E-state index contributed by atoms with van der Waals surface area (Å²) in [7, 11) is -1.61. The average molecular weight is 699 g/mol. The van der Waals surface area contributed by atoms with E-state index in [-0.39, 0.29) is 0 Å². The van der Waals surface area contributed by atoms with E-state index in [9.17, 15) is 0 Å². The molecule has 6 rings (SSSR count). The molecule has 0 spiro atoms. The Balaban J connectivity index is 0.000000223. The lowest BCUT2D eigenvalue weighted by atomic mass is 10.2. The predicted molar refractivity (Wildman–Crippen MR) is 211 cm³/mol. The van der Waals surface area contributed by atoms with Gasteiger partial charge in [0.1, 0.15) is 0 Å². The number of carbonyl (C=O) groups is 2. The van der Waals surface area contributed by atoms with Crippen LogP contribution in [0.25, 0.3) is 0 Å². The standard InChI is InChI=1S/2C19H16NP.2C2H4O2/c2*20-19(16-10-4-1-5-11-16)21(17-12-6-2-7-13-17)18-14-8-3-9-15-18;2*1-2(3)4/h2*1-15,20H;2*1H3,(H,3,4). The summed E-state index contributed by atoms with van der Waals surface area (Å²) in [6, 6.07) is 61.5. The average Bonchev–Trinajstić information content (AvgIpc) is 3.14. The molecule has 0 aromatic heterocycles. The van der Waals surface area contributed by atoms with Crippen molar-refractivity contribution in [2.24, 2.45) is 0 Å². The second-order valence-corrected chi connectivity index (χ2v) is 14.8. The van der Waals surface area contributed by atoms with Crippen molar-refractivity contribution in [1.29, 1.82) is 10.8 Å². The van der Waals surface area contributed by atoms with Gasteiger partial charge in [-0.1, -0.05) is 182 Å². The van der Waals surface area contributed by atoms with Crippen LogP contribution in [0.3, 0.4) is 0 Å². The number of aliphatic carboxylic acids is 2. The Kier molecular flexibility index (Phi) is 16.7. The first-order valence-electron chi connectivity index (χ1n) is 15.7. The van der Waals surface area contributed by atoms with Crippen molar-refractivity contribution < 1.29 is 19.8 Å². The molecular formula is C42H40N2O4P2. The van der Waals surface area contributed by atoms with E-state index < -0.39 is 27.8 Å². The third-order valence-corrected chi connectivity index (χ3v) is 11.3. The van der Waals surface area contributed by atoms with Gasteiger partial charge in [0.05, 0.1) is 10.9 Å². The largest absolute Gasteiger partial charge is 0.481 e. The number of hydrogen-bond donors (Lipinski definition) is 4. The van der Waals surface area contributed by atoms with E-state index in [1.54, 1.807) is 0 Å². The topological polar surface area (TPSA) is 122 Å². The smallest absolute Gasteiger partial charge is 0.300 e. The Morgan fingerprint density at radius 1 is 0.380 bits per heavy atom. The first-order chi connectivity index (χ1) is 24.2. The monoisotopic (exact) mass is 698 g/mol. The molecule has 6 aromatic rings. The third kappa shape index (κ3) is 13.2. The zero-order chi connectivity index (χ0) is 36.1. The van der Waals surface area contributed by atoms with Crippen molar-refractivity contribution in [1.82, 2.24) is 0 Å². The van der Waals surface area contributed by atoms with Crippen LogP contribution in [0.15, 0.2) is 182 Å². The highest BCUT2D eigenvalue weighted by atomic mass is 31.1. The minimum atomic E-state index is -0.833. The summed E-state index contributed by atoms with van der Waals surface area (Å²) >= 11 is 0. The number of hydrogen-bond acceptors (Lipinski definition) is 4. The van der Waals surface area contributed by atoms with E-state index in [0.717, 1.165) is 25.0 Å². The lowest BCUT2D eigenvalue weighted by molar-refractivity contribution is -0.135. The van der Waals surface area contributed by atoms with Gasteiger partial charge >= 0.3 is 0 Å². The summed E-state index contributed by atoms with van der Waals surface area (Å²) < 4.78 is 0. The summed E-state index contributed by atoms with van der Waals surface area (Å²) in [5.41, 5.74) is 3.39. The SMILES string of the molecule is CC(=O)O.CC(=O)O.N=C(c1ccccc1)P(c1ccccc1)c1ccccc1.N=C(c1ccccc1)P(c1ccccc1)c1ccccc1. The molecule has 0 saturated heterocycles. The Morgan fingerprint density at radius 3 is 0.720 bits per heavy atom. The van der Waals surface area contributed by atoms with Crippen molar-refractivity contribution in [2.75, 3.05) is 0 Å². The number of carboxylic acid groups (broad SMARTS) is 2. The van der Waals surface area contributed by atoms with Crippen LogP contribution in [0.4, 0.5) is 0 Å². The second kappa shape index (κ2) is 21.4. The van der Waals surface area contributed by atoms with Crippen LogP contribution in [-0.2, 0) is 9.59 Å². The molecule has 8 heteroatoms. The van der Waals surface area contributed by atoms with Gasteiger partial charge in [0, 0.05) is 40.8 Å². The second-order valence-electron chi connectivity index (χ2n) is 10.5. The first-order valence-corrected chi connectivity index (χ1v) is 18.3. The quantitative estimate of drug-likeness (QED) is 0.0941. The summed E-state index contributed by atoms with van der Waals surface area (Å²) in [5, 5.41) is 37.1. The van der Waals surface area contributed by atoms with Crippen molar-refractivity contribution in [3.63, 3.8) is 0 Å². The highest BCUT2D eigenvalue weighted by Gasteiger charge is 2.21. The van der Waals surface area contributed by atoms with Crippen LogP contribution in [0.2, 0.25) is 0 Å². The fraction of sp³-hybridized carbons (Fsp3) is 0.0476. The van der Waals surface area contributed by atoms with E-state index in [1.165, 1.54) is 21.2 Å². The maximum absolute atomic E-state index is 9.00. The molecule has 0 heterocycles. The fourth-order valence-corrected chi connectivity index (χ4v) is 8.90. The molecule has 0 bridgehead atoms. The van der Waals surface area contributed by atoms with Crippen LogP contribution in [0, 0.1) is 10.8 Å². The summed E-state index contributed by atoms with van der Waals surface area (Å²) in [6.07, 6.45) is 0. The van der Waals surface area contributed by atoms with Crippen molar-refractivity contribution in [3.8, 4) is 0 Å². The van der Waals surface area contributed by atoms with Gasteiger partial charge in [-0.15, -0.1) is 0 Å². The molecule has 0 aliphatic carbocycles. The van der Waals surface area contributed by atoms with Crippen LogP contribution in [0.5, 0.6) is 0 Å². The molecule has 0 aliphatic rings. The number of rotatable bonds is 8. The zero-order valence-corrected chi connectivity index (χ0v) is 29.7. The molecule has 0 atom stereocenters. The molecule has 0 aliphatic heterocycles. The van der Waals surface area contributed by atoms with Crippen molar-refractivity contribution in [3.05, 3.63) is 193 Å². The Labute approximate surface area is 296 Å². The van der Waals surface area contributed by atoms with Gasteiger partial charge in [0.25, 0.3) is 11.9 Å². The lowest BCUT2D eigenvalue weighted by Crippen LogP contribution is -2.18. The molecule has 0 radical (unpaired) electrons. The van der Waals surface area contributed by atoms with Crippen molar-refractivity contribution >= 4 is 59.9 Å². The Hall–Kier alpha value is -5.54. The highest BCUT2D eigenvalue weighted by Crippen LogP contribution is 2.38. The lowest BCUT2D eigenvalue weighted by Gasteiger charge is -2.19. The maximum atomic E-state index is 9.00. The predicted octanol–water partition coefficient (Wildman–Crippen LogP) is 8.47. The van der Waals surface area contributed by atoms with E-state index >= 15 is 0 Å². The molecule has 0 saturated carbocycles. The molecule has 0 unspecified atom stereocenters. The van der Waals surface area contributed by atoms with Gasteiger partial charge in [-0.25, -0.2) is 0 Å². The van der Waals surface area contributed by atoms with Crippen LogP contribution < -0.4 is 21.2 Å². The van der Waals surface area contributed by atoms with Crippen LogP contribution in [0.1, 0.15) is 25.0 Å². The summed E-state index contributed by atoms with van der Waals surface area (Å²) in [6.45, 7) is 2.17. The number of benzene rings is 6. The third-order valence-electron chi connectivity index (χ3n) is 6.60. The van der Waals surface area contributed by atoms with E-state index in [4.69, 9.17) is 30.6 Å². The summed E-state index contributed by atoms with van der Waals surface area (Å²) in [5.74, 6) is -1.67. The fourth-order valence-electron chi connectivity index (χ4n) is 4.57. The van der Waals surface area contributed by atoms with Gasteiger partial charge in [-0.3, -0.25) is 20.4 Å². The summed E-state index contributed by atoms with van der Waals surface area (Å²) in [4.78, 5) is 18.0. The number of carboxylic acids is 2.